The van der Waals surface area contributed by atoms with E-state index < -0.39 is 0 Å². The van der Waals surface area contributed by atoms with Gasteiger partial charge in [0.15, 0.2) is 5.11 Å². The largest absolute Gasteiger partial charge is 0.353 e. The average Bonchev–Trinajstić information content (AvgIpc) is 2.56. The Morgan fingerprint density at radius 2 is 2.58 bits per heavy atom. The summed E-state index contributed by atoms with van der Waals surface area (Å²) in [6.45, 7) is 1.97. The van der Waals surface area contributed by atoms with Gasteiger partial charge in [0.25, 0.3) is 0 Å². The first-order chi connectivity index (χ1) is 5.74. The first-order valence-electron chi connectivity index (χ1n) is 3.40. The van der Waals surface area contributed by atoms with Crippen LogP contribution >= 0.6 is 23.6 Å². The lowest BCUT2D eigenvalue weighted by atomic mass is 10.4. The zero-order valence-corrected chi connectivity index (χ0v) is 8.21. The summed E-state index contributed by atoms with van der Waals surface area (Å²) in [5.74, 6) is 5.10. The van der Waals surface area contributed by atoms with Crippen molar-refractivity contribution in [3.05, 3.63) is 16.6 Å². The van der Waals surface area contributed by atoms with Crippen LogP contribution in [0.3, 0.4) is 0 Å². The molecule has 0 aliphatic heterocycles. The number of hydrazine groups is 1. The summed E-state index contributed by atoms with van der Waals surface area (Å²) < 4.78 is 0. The van der Waals surface area contributed by atoms with Gasteiger partial charge in [0.2, 0.25) is 0 Å². The molecule has 0 aromatic carbocycles. The second-order valence-electron chi connectivity index (χ2n) is 2.21. The molecule has 1 atom stereocenters. The Morgan fingerprint density at radius 1 is 1.83 bits per heavy atom. The van der Waals surface area contributed by atoms with Crippen molar-refractivity contribution >= 4 is 28.7 Å². The van der Waals surface area contributed by atoms with Crippen molar-refractivity contribution in [2.75, 3.05) is 0 Å². The summed E-state index contributed by atoms with van der Waals surface area (Å²) in [5.41, 5.74) is 2.35. The van der Waals surface area contributed by atoms with Crippen LogP contribution in [0.5, 0.6) is 0 Å². The number of thiazole rings is 1. The van der Waals surface area contributed by atoms with E-state index in [0.29, 0.717) is 5.11 Å². The van der Waals surface area contributed by atoms with E-state index in [0.717, 1.165) is 5.01 Å². The van der Waals surface area contributed by atoms with Crippen LogP contribution in [0.2, 0.25) is 0 Å². The van der Waals surface area contributed by atoms with Crippen molar-refractivity contribution in [3.63, 3.8) is 0 Å². The van der Waals surface area contributed by atoms with Crippen molar-refractivity contribution in [1.82, 2.24) is 15.7 Å². The van der Waals surface area contributed by atoms with E-state index in [4.69, 9.17) is 18.1 Å². The van der Waals surface area contributed by atoms with Crippen LogP contribution in [0, 0.1) is 0 Å². The van der Waals surface area contributed by atoms with Crippen LogP contribution in [0.25, 0.3) is 0 Å². The van der Waals surface area contributed by atoms with Crippen molar-refractivity contribution in [2.24, 2.45) is 5.84 Å². The molecule has 0 amide bonds. The third-order valence-electron chi connectivity index (χ3n) is 1.30. The minimum atomic E-state index is 0.105. The molecule has 0 saturated carbocycles. The molecule has 0 aliphatic carbocycles. The van der Waals surface area contributed by atoms with Gasteiger partial charge in [-0.3, -0.25) is 0 Å². The molecule has 0 bridgehead atoms. The van der Waals surface area contributed by atoms with Crippen LogP contribution in [-0.2, 0) is 0 Å². The van der Waals surface area contributed by atoms with Gasteiger partial charge in [-0.05, 0) is 19.1 Å². The minimum Gasteiger partial charge on any atom is -0.353 e. The lowest BCUT2D eigenvalue weighted by Gasteiger charge is -2.12. The summed E-state index contributed by atoms with van der Waals surface area (Å²) >= 11 is 6.42. The van der Waals surface area contributed by atoms with Gasteiger partial charge in [-0.25, -0.2) is 10.8 Å². The summed E-state index contributed by atoms with van der Waals surface area (Å²) in [4.78, 5) is 4.13. The molecule has 66 valence electrons. The van der Waals surface area contributed by atoms with Crippen molar-refractivity contribution in [1.29, 1.82) is 0 Å². The van der Waals surface area contributed by atoms with Crippen LogP contribution in [0.4, 0.5) is 0 Å². The molecular weight excluding hydrogens is 192 g/mol. The van der Waals surface area contributed by atoms with Crippen molar-refractivity contribution in [3.8, 4) is 0 Å². The van der Waals surface area contributed by atoms with E-state index in [1.807, 2.05) is 12.3 Å². The smallest absolute Gasteiger partial charge is 0.181 e. The van der Waals surface area contributed by atoms with Gasteiger partial charge < -0.3 is 10.7 Å². The Balaban J connectivity index is 2.49. The Morgan fingerprint density at radius 3 is 3.08 bits per heavy atom. The van der Waals surface area contributed by atoms with E-state index in [2.05, 4.69) is 15.7 Å². The number of nitrogens with zero attached hydrogens (tertiary/aromatic N) is 1. The van der Waals surface area contributed by atoms with Gasteiger partial charge >= 0.3 is 0 Å². The quantitative estimate of drug-likeness (QED) is 0.371. The summed E-state index contributed by atoms with van der Waals surface area (Å²) in [7, 11) is 0. The first kappa shape index (κ1) is 9.37. The van der Waals surface area contributed by atoms with Gasteiger partial charge in [-0.15, -0.1) is 11.3 Å². The van der Waals surface area contributed by atoms with E-state index in [1.165, 1.54) is 0 Å². The van der Waals surface area contributed by atoms with Gasteiger partial charge in [-0.2, -0.15) is 0 Å². The molecule has 1 rings (SSSR count). The molecule has 0 fully saturated rings. The fourth-order valence-corrected chi connectivity index (χ4v) is 1.57. The van der Waals surface area contributed by atoms with Gasteiger partial charge in [0.1, 0.15) is 5.01 Å². The summed E-state index contributed by atoms with van der Waals surface area (Å²) in [6, 6.07) is 0.105. The van der Waals surface area contributed by atoms with E-state index in [9.17, 15) is 0 Å². The lowest BCUT2D eigenvalue weighted by molar-refractivity contribution is 0.697. The molecule has 12 heavy (non-hydrogen) atoms. The van der Waals surface area contributed by atoms with Crippen LogP contribution < -0.4 is 16.6 Å². The highest BCUT2D eigenvalue weighted by molar-refractivity contribution is 7.80. The molecule has 1 aromatic heterocycles. The topological polar surface area (TPSA) is 63.0 Å². The number of rotatable bonds is 2. The van der Waals surface area contributed by atoms with Crippen LogP contribution in [0.1, 0.15) is 18.0 Å². The number of hydrogen-bond acceptors (Lipinski definition) is 4. The molecule has 4 N–H and O–H groups in total. The Bertz CT molecular complexity index is 246. The van der Waals surface area contributed by atoms with E-state index in [-0.39, 0.29) is 6.04 Å². The maximum atomic E-state index is 5.10. The summed E-state index contributed by atoms with van der Waals surface area (Å²) in [6.07, 6.45) is 1.76. The van der Waals surface area contributed by atoms with Gasteiger partial charge in [-0.1, -0.05) is 0 Å². The standard InChI is InChI=1S/C6H10N4S2/c1-4(9-6(11)10-7)5-8-2-3-12-5/h2-4H,7H2,1H3,(H2,9,10,11). The van der Waals surface area contributed by atoms with Crippen LogP contribution in [-0.4, -0.2) is 10.1 Å². The number of nitrogens with one attached hydrogen (secondary N) is 2. The maximum absolute atomic E-state index is 5.10. The minimum absolute atomic E-state index is 0.105. The molecule has 1 heterocycles. The highest BCUT2D eigenvalue weighted by Crippen LogP contribution is 2.13. The predicted molar refractivity (Wildman–Crippen MR) is 53.6 cm³/mol. The van der Waals surface area contributed by atoms with Gasteiger partial charge in [0.05, 0.1) is 6.04 Å². The monoisotopic (exact) mass is 202 g/mol. The Kier molecular flexibility index (Phi) is 3.39. The molecular formula is C6H10N4S2. The predicted octanol–water partition coefficient (Wildman–Crippen LogP) is 0.542. The normalized spacial score (nSPS) is 12.2. The molecule has 1 unspecified atom stereocenters. The third-order valence-corrected chi connectivity index (χ3v) is 2.49. The fourth-order valence-electron chi connectivity index (χ4n) is 0.748. The highest BCUT2D eigenvalue weighted by atomic mass is 32.1. The number of aromatic nitrogens is 1. The maximum Gasteiger partial charge on any atom is 0.181 e. The molecule has 4 nitrogen and oxygen atoms in total. The Labute approximate surface area is 80.2 Å². The molecule has 0 aliphatic rings. The number of hydrogen-bond donors (Lipinski definition) is 3. The van der Waals surface area contributed by atoms with Crippen molar-refractivity contribution in [2.45, 2.75) is 13.0 Å². The second kappa shape index (κ2) is 4.34. The zero-order chi connectivity index (χ0) is 8.97. The molecule has 0 spiro atoms. The van der Waals surface area contributed by atoms with Crippen molar-refractivity contribution < 1.29 is 0 Å². The molecule has 1 aromatic rings. The fraction of sp³-hybridized carbons (Fsp3) is 0.333. The highest BCUT2D eigenvalue weighted by Gasteiger charge is 2.07. The Hall–Kier alpha value is -0.720. The third kappa shape index (κ3) is 2.40. The molecule has 6 heteroatoms. The molecule has 0 radical (unpaired) electrons. The average molecular weight is 202 g/mol. The van der Waals surface area contributed by atoms with E-state index in [1.54, 1.807) is 17.5 Å². The van der Waals surface area contributed by atoms with Crippen LogP contribution in [0.15, 0.2) is 11.6 Å². The number of nitrogens with two attached hydrogens (primary N) is 1. The lowest BCUT2D eigenvalue weighted by Crippen LogP contribution is -2.40. The first-order valence-corrected chi connectivity index (χ1v) is 4.69. The SMILES string of the molecule is CC(NC(=S)NN)c1nccs1. The summed E-state index contributed by atoms with van der Waals surface area (Å²) in [5, 5.41) is 6.32. The van der Waals surface area contributed by atoms with Gasteiger partial charge in [0, 0.05) is 11.6 Å². The van der Waals surface area contributed by atoms with E-state index >= 15 is 0 Å². The zero-order valence-electron chi connectivity index (χ0n) is 6.57. The second-order valence-corrected chi connectivity index (χ2v) is 3.54. The molecule has 0 saturated heterocycles. The number of thiocarbonyl (C=S) groups is 1.